The smallest absolute Gasteiger partial charge is 0.164 e. The maximum atomic E-state index is 5.26. The summed E-state index contributed by atoms with van der Waals surface area (Å²) in [5, 5.41) is 2.60. The lowest BCUT2D eigenvalue weighted by atomic mass is 9.68. The molecule has 0 fully saturated rings. The molecule has 13 rings (SSSR count). The van der Waals surface area contributed by atoms with E-state index < -0.39 is 5.41 Å². The zero-order valence-corrected chi connectivity index (χ0v) is 34.3. The predicted molar refractivity (Wildman–Crippen MR) is 256 cm³/mol. The molecule has 2 aliphatic carbocycles. The minimum Gasteiger partial charge on any atom is -0.208 e. The Kier molecular flexibility index (Phi) is 7.69. The van der Waals surface area contributed by atoms with Crippen LogP contribution in [0.25, 0.3) is 98.8 Å². The summed E-state index contributed by atoms with van der Waals surface area (Å²) in [6, 6.07) is 76.8. The van der Waals surface area contributed by atoms with Gasteiger partial charge < -0.3 is 0 Å². The monoisotopic (exact) mass is 805 g/mol. The van der Waals surface area contributed by atoms with Gasteiger partial charge >= 0.3 is 0 Å². The fourth-order valence-corrected chi connectivity index (χ4v) is 11.5. The summed E-state index contributed by atoms with van der Waals surface area (Å²) >= 11 is 1.84. The van der Waals surface area contributed by atoms with E-state index >= 15 is 0 Å². The minimum atomic E-state index is -0.459. The Morgan fingerprint density at radius 2 is 0.742 bits per heavy atom. The number of fused-ring (bicyclic) bond motifs is 13. The van der Waals surface area contributed by atoms with Crippen molar-refractivity contribution >= 4 is 31.5 Å². The molecule has 9 aromatic carbocycles. The summed E-state index contributed by atoms with van der Waals surface area (Å²) in [5.74, 6) is 1.91. The van der Waals surface area contributed by atoms with Crippen LogP contribution in [-0.4, -0.2) is 15.0 Å². The van der Waals surface area contributed by atoms with Gasteiger partial charge in [-0.05, 0) is 91.0 Å². The first-order valence-electron chi connectivity index (χ1n) is 21.1. The van der Waals surface area contributed by atoms with Crippen LogP contribution in [0.4, 0.5) is 0 Å². The van der Waals surface area contributed by atoms with E-state index in [2.05, 4.69) is 194 Å². The molecule has 0 amide bonds. The van der Waals surface area contributed by atoms with Crippen LogP contribution < -0.4 is 0 Å². The third-order valence-electron chi connectivity index (χ3n) is 12.9. The Balaban J connectivity index is 0.969. The summed E-state index contributed by atoms with van der Waals surface area (Å²) < 4.78 is 2.59. The van der Waals surface area contributed by atoms with Crippen LogP contribution in [0.3, 0.4) is 0 Å². The molecule has 0 radical (unpaired) electrons. The Hall–Kier alpha value is -7.79. The number of benzene rings is 9. The normalized spacial score (nSPS) is 13.0. The highest BCUT2D eigenvalue weighted by atomic mass is 32.1. The van der Waals surface area contributed by atoms with Crippen molar-refractivity contribution in [1.29, 1.82) is 0 Å². The number of hydrogen-bond acceptors (Lipinski definition) is 4. The van der Waals surface area contributed by atoms with E-state index in [-0.39, 0.29) is 0 Å². The van der Waals surface area contributed by atoms with Crippen LogP contribution in [-0.2, 0) is 5.41 Å². The van der Waals surface area contributed by atoms with Gasteiger partial charge in [-0.25, -0.2) is 15.0 Å². The van der Waals surface area contributed by atoms with E-state index in [0.29, 0.717) is 17.5 Å². The molecule has 0 saturated heterocycles. The summed E-state index contributed by atoms with van der Waals surface area (Å²) in [7, 11) is 0. The van der Waals surface area contributed by atoms with Crippen molar-refractivity contribution in [2.45, 2.75) is 5.41 Å². The number of hydrogen-bond donors (Lipinski definition) is 0. The third kappa shape index (κ3) is 5.14. The largest absolute Gasteiger partial charge is 0.208 e. The molecule has 0 bridgehead atoms. The molecule has 62 heavy (non-hydrogen) atoms. The molecule has 0 saturated carbocycles. The fraction of sp³-hybridized carbons (Fsp3) is 0.0172. The second-order valence-electron chi connectivity index (χ2n) is 16.3. The molecule has 4 heteroatoms. The van der Waals surface area contributed by atoms with Crippen molar-refractivity contribution in [1.82, 2.24) is 15.0 Å². The van der Waals surface area contributed by atoms with Crippen molar-refractivity contribution < 1.29 is 0 Å². The highest BCUT2D eigenvalue weighted by Crippen LogP contribution is 2.64. The molecule has 2 aromatic heterocycles. The average molecular weight is 806 g/mol. The Morgan fingerprint density at radius 3 is 1.44 bits per heavy atom. The lowest BCUT2D eigenvalue weighted by molar-refractivity contribution is 0.796. The molecule has 288 valence electrons. The van der Waals surface area contributed by atoms with Crippen molar-refractivity contribution in [3.8, 4) is 78.7 Å². The minimum absolute atomic E-state index is 0.459. The molecule has 2 heterocycles. The van der Waals surface area contributed by atoms with Crippen LogP contribution >= 0.6 is 11.3 Å². The molecule has 1 spiro atoms. The molecule has 0 unspecified atom stereocenters. The summed E-state index contributed by atoms with van der Waals surface area (Å²) in [4.78, 5) is 15.6. The summed E-state index contributed by atoms with van der Waals surface area (Å²) in [6.45, 7) is 0. The van der Waals surface area contributed by atoms with E-state index in [1.807, 2.05) is 29.5 Å². The molecule has 0 atom stereocenters. The molecular formula is C58H35N3S. The maximum absolute atomic E-state index is 5.26. The van der Waals surface area contributed by atoms with Gasteiger partial charge in [0.05, 0.1) is 5.41 Å². The molecule has 11 aromatic rings. The fourth-order valence-electron chi connectivity index (χ4n) is 10.3. The van der Waals surface area contributed by atoms with Crippen molar-refractivity contribution in [3.05, 3.63) is 235 Å². The SMILES string of the molecule is c1ccc(-c2nc(-c3cccc(-c4ccc5c(c4)sc4ccccc45)c3)nc(-c3cccc(-c4cccc5c4C4(c6ccccc6-c6ccccc64)c4ccccc4-5)c3)n2)cc1. The topological polar surface area (TPSA) is 38.7 Å². The molecular weight excluding hydrogens is 771 g/mol. The number of aromatic nitrogens is 3. The quantitative estimate of drug-likeness (QED) is 0.174. The highest BCUT2D eigenvalue weighted by Gasteiger charge is 2.52. The van der Waals surface area contributed by atoms with Gasteiger partial charge in [-0.1, -0.05) is 188 Å². The zero-order valence-electron chi connectivity index (χ0n) is 33.5. The number of nitrogens with zero attached hydrogens (tertiary/aromatic N) is 3. The highest BCUT2D eigenvalue weighted by molar-refractivity contribution is 7.25. The van der Waals surface area contributed by atoms with Crippen molar-refractivity contribution in [2.75, 3.05) is 0 Å². The van der Waals surface area contributed by atoms with Crippen LogP contribution in [0.15, 0.2) is 212 Å². The van der Waals surface area contributed by atoms with E-state index in [9.17, 15) is 0 Å². The van der Waals surface area contributed by atoms with Crippen molar-refractivity contribution in [3.63, 3.8) is 0 Å². The van der Waals surface area contributed by atoms with E-state index in [4.69, 9.17) is 15.0 Å². The third-order valence-corrected chi connectivity index (χ3v) is 14.1. The van der Waals surface area contributed by atoms with E-state index in [0.717, 1.165) is 27.8 Å². The predicted octanol–water partition coefficient (Wildman–Crippen LogP) is 14.9. The van der Waals surface area contributed by atoms with Gasteiger partial charge in [0, 0.05) is 36.9 Å². The number of thiophene rings is 1. The van der Waals surface area contributed by atoms with Gasteiger partial charge in [0.15, 0.2) is 17.5 Å². The molecule has 0 aliphatic heterocycles. The van der Waals surface area contributed by atoms with Gasteiger partial charge in [0.25, 0.3) is 0 Å². The number of rotatable bonds is 5. The zero-order chi connectivity index (χ0) is 40.8. The van der Waals surface area contributed by atoms with Gasteiger partial charge in [0.2, 0.25) is 0 Å². The average Bonchev–Trinajstić information content (AvgIpc) is 3.98. The molecule has 0 N–H and O–H groups in total. The molecule has 2 aliphatic rings. The van der Waals surface area contributed by atoms with Crippen LogP contribution in [0, 0.1) is 0 Å². The van der Waals surface area contributed by atoms with Gasteiger partial charge in [-0.3, -0.25) is 0 Å². The Bertz CT molecular complexity index is 3540. The Morgan fingerprint density at radius 1 is 0.290 bits per heavy atom. The maximum Gasteiger partial charge on any atom is 0.164 e. The van der Waals surface area contributed by atoms with E-state index in [1.165, 1.54) is 75.8 Å². The molecule has 3 nitrogen and oxygen atoms in total. The second kappa shape index (κ2) is 13.6. The standard InChI is InChI=1S/C58H35N3S/c1-2-15-36(16-3-1)55-59-56(40-19-12-17-37(33-40)38-31-32-47-46-24-7-11-30-52(46)62-53(47)35-38)61-57(60-55)41-20-13-18-39(34-41)42-25-14-26-48-45-23-6-10-29-51(45)58(54(42)48)49-27-8-4-21-43(49)44-22-5-9-28-50(44)58/h1-35H. The first-order valence-corrected chi connectivity index (χ1v) is 21.9. The summed E-state index contributed by atoms with van der Waals surface area (Å²) in [6.07, 6.45) is 0. The Labute approximate surface area is 363 Å². The van der Waals surface area contributed by atoms with Gasteiger partial charge in [-0.2, -0.15) is 0 Å². The van der Waals surface area contributed by atoms with Gasteiger partial charge in [0.1, 0.15) is 0 Å². The lowest BCUT2D eigenvalue weighted by Gasteiger charge is -2.32. The van der Waals surface area contributed by atoms with Crippen LogP contribution in [0.5, 0.6) is 0 Å². The first-order chi connectivity index (χ1) is 30.7. The second-order valence-corrected chi connectivity index (χ2v) is 17.3. The van der Waals surface area contributed by atoms with Gasteiger partial charge in [-0.15, -0.1) is 11.3 Å². The summed E-state index contributed by atoms with van der Waals surface area (Å²) in [5.41, 5.74) is 17.4. The van der Waals surface area contributed by atoms with E-state index in [1.54, 1.807) is 0 Å². The lowest BCUT2D eigenvalue weighted by Crippen LogP contribution is -2.26. The van der Waals surface area contributed by atoms with Crippen LogP contribution in [0.2, 0.25) is 0 Å². The first kappa shape index (κ1) is 35.0. The van der Waals surface area contributed by atoms with Crippen LogP contribution in [0.1, 0.15) is 22.3 Å². The van der Waals surface area contributed by atoms with Crippen molar-refractivity contribution in [2.24, 2.45) is 0 Å².